The topological polar surface area (TPSA) is 18.5 Å². The van der Waals surface area contributed by atoms with Gasteiger partial charge >= 0.3 is 12.4 Å². The number of benzene rings is 1. The molecular formula is C13H15F6O2PS. The lowest BCUT2D eigenvalue weighted by atomic mass is 10.2. The Morgan fingerprint density at radius 3 is 2.00 bits per heavy atom. The molecule has 1 aromatic carbocycles. The molecule has 10 heteroatoms. The van der Waals surface area contributed by atoms with Crippen molar-refractivity contribution in [2.75, 3.05) is 13.2 Å². The van der Waals surface area contributed by atoms with Gasteiger partial charge in [0, 0.05) is 5.30 Å². The third kappa shape index (κ3) is 6.79. The first-order valence-corrected chi connectivity index (χ1v) is 9.25. The average molecular weight is 380 g/mol. The summed E-state index contributed by atoms with van der Waals surface area (Å²) in [4.78, 5) is 0. The second-order valence-corrected chi connectivity index (χ2v) is 8.09. The van der Waals surface area contributed by atoms with E-state index in [2.05, 4.69) is 0 Å². The molecule has 0 spiro atoms. The molecule has 0 aliphatic rings. The highest BCUT2D eigenvalue weighted by Gasteiger charge is 2.34. The monoisotopic (exact) mass is 380 g/mol. The molecule has 0 heterocycles. The minimum Gasteiger partial charge on any atom is -0.326 e. The third-order valence-electron chi connectivity index (χ3n) is 2.67. The second-order valence-electron chi connectivity index (χ2n) is 4.62. The fraction of sp³-hybridized carbons (Fsp3) is 0.538. The molecule has 0 aliphatic carbocycles. The molecule has 132 valence electrons. The predicted octanol–water partition coefficient (Wildman–Crippen LogP) is 5.04. The van der Waals surface area contributed by atoms with Crippen LogP contribution in [0.2, 0.25) is 0 Å². The zero-order valence-corrected chi connectivity index (χ0v) is 13.8. The van der Waals surface area contributed by atoms with Gasteiger partial charge < -0.3 is 9.05 Å². The van der Waals surface area contributed by atoms with Crippen molar-refractivity contribution in [1.82, 2.24) is 0 Å². The van der Waals surface area contributed by atoms with E-state index in [1.807, 2.05) is 6.92 Å². The van der Waals surface area contributed by atoms with Crippen molar-refractivity contribution in [1.29, 1.82) is 0 Å². The van der Waals surface area contributed by atoms with E-state index in [4.69, 9.17) is 20.9 Å². The summed E-state index contributed by atoms with van der Waals surface area (Å²) in [6, 6.07) is 3.50. The van der Waals surface area contributed by atoms with Crippen LogP contribution in [0, 0.1) is 0 Å². The van der Waals surface area contributed by atoms with Gasteiger partial charge in [-0.2, -0.15) is 26.3 Å². The van der Waals surface area contributed by atoms with Crippen LogP contribution in [0.15, 0.2) is 24.3 Å². The van der Waals surface area contributed by atoms with Crippen molar-refractivity contribution >= 4 is 23.6 Å². The van der Waals surface area contributed by atoms with E-state index < -0.39 is 31.0 Å². The lowest BCUT2D eigenvalue weighted by molar-refractivity contribution is -0.153. The Morgan fingerprint density at radius 2 is 1.57 bits per heavy atom. The Balaban J connectivity index is 3.00. The van der Waals surface area contributed by atoms with Crippen LogP contribution in [-0.2, 0) is 27.0 Å². The van der Waals surface area contributed by atoms with Crippen molar-refractivity contribution in [3.05, 3.63) is 29.8 Å². The van der Waals surface area contributed by atoms with Crippen LogP contribution in [0.4, 0.5) is 26.3 Å². The van der Waals surface area contributed by atoms with Gasteiger partial charge in [0.05, 0.1) is 12.2 Å². The van der Waals surface area contributed by atoms with Gasteiger partial charge in [0.25, 0.3) is 0 Å². The van der Waals surface area contributed by atoms with Gasteiger partial charge in [-0.15, -0.1) is 0 Å². The maximum absolute atomic E-state index is 12.5. The molecule has 1 rings (SSSR count). The Morgan fingerprint density at radius 1 is 1.00 bits per heavy atom. The number of halogens is 6. The van der Waals surface area contributed by atoms with Crippen LogP contribution < -0.4 is 5.30 Å². The molecular weight excluding hydrogens is 365 g/mol. The number of unbranched alkanes of at least 4 members (excludes halogenated alkanes) is 1. The van der Waals surface area contributed by atoms with E-state index in [0.717, 1.165) is 30.7 Å². The fourth-order valence-corrected chi connectivity index (χ4v) is 3.83. The summed E-state index contributed by atoms with van der Waals surface area (Å²) in [5.74, 6) is 0. The fourth-order valence-electron chi connectivity index (χ4n) is 1.51. The van der Waals surface area contributed by atoms with Crippen LogP contribution in [-0.4, -0.2) is 19.4 Å². The molecule has 0 bridgehead atoms. The minimum absolute atomic E-state index is 0.0147. The molecule has 1 unspecified atom stereocenters. The normalized spacial score (nSPS) is 15.4. The van der Waals surface area contributed by atoms with E-state index in [0.29, 0.717) is 6.42 Å². The van der Waals surface area contributed by atoms with Gasteiger partial charge in [0.1, 0.15) is 0 Å². The smallest absolute Gasteiger partial charge is 0.326 e. The summed E-state index contributed by atoms with van der Waals surface area (Å²) in [5, 5.41) is 0.0147. The summed E-state index contributed by atoms with van der Waals surface area (Å²) in [6.07, 6.45) is -7.88. The maximum Gasteiger partial charge on any atom is 0.416 e. The molecule has 1 aromatic rings. The third-order valence-corrected chi connectivity index (χ3v) is 5.86. The van der Waals surface area contributed by atoms with Crippen molar-refractivity contribution in [2.24, 2.45) is 0 Å². The van der Waals surface area contributed by atoms with E-state index in [1.165, 1.54) is 0 Å². The van der Waals surface area contributed by atoms with Crippen LogP contribution >= 0.6 is 6.49 Å². The van der Waals surface area contributed by atoms with Crippen LogP contribution in [0.25, 0.3) is 0 Å². The zero-order chi connectivity index (χ0) is 17.7. The van der Waals surface area contributed by atoms with E-state index in [1.54, 1.807) is 0 Å². The zero-order valence-electron chi connectivity index (χ0n) is 12.1. The quantitative estimate of drug-likeness (QED) is 0.375. The first-order chi connectivity index (χ1) is 10.5. The minimum atomic E-state index is -4.61. The Hall–Kier alpha value is -0.630. The molecule has 0 saturated heterocycles. The highest BCUT2D eigenvalue weighted by atomic mass is 32.5. The molecule has 0 aliphatic heterocycles. The highest BCUT2D eigenvalue weighted by molar-refractivity contribution is 8.13. The Bertz CT molecular complexity index is 541. The number of hydrogen-bond donors (Lipinski definition) is 0. The Kier molecular flexibility index (Phi) is 7.07. The van der Waals surface area contributed by atoms with Gasteiger partial charge in [-0.05, 0) is 42.5 Å². The van der Waals surface area contributed by atoms with Gasteiger partial charge in [0.15, 0.2) is 6.61 Å². The first-order valence-electron chi connectivity index (χ1n) is 6.61. The number of rotatable bonds is 7. The van der Waals surface area contributed by atoms with Crippen molar-refractivity contribution in [2.45, 2.75) is 32.1 Å². The molecule has 0 amide bonds. The van der Waals surface area contributed by atoms with E-state index >= 15 is 0 Å². The van der Waals surface area contributed by atoms with Crippen LogP contribution in [0.1, 0.15) is 25.3 Å². The second kappa shape index (κ2) is 7.96. The van der Waals surface area contributed by atoms with Gasteiger partial charge in [0.2, 0.25) is 6.49 Å². The summed E-state index contributed by atoms with van der Waals surface area (Å²) in [6.45, 7) is -3.21. The lowest BCUT2D eigenvalue weighted by Gasteiger charge is -2.23. The highest BCUT2D eigenvalue weighted by Crippen LogP contribution is 2.49. The summed E-state index contributed by atoms with van der Waals surface area (Å²) in [5.41, 5.74) is -0.924. The van der Waals surface area contributed by atoms with E-state index in [9.17, 15) is 26.3 Å². The summed E-state index contributed by atoms with van der Waals surface area (Å²) >= 11 is 5.07. The van der Waals surface area contributed by atoms with Crippen molar-refractivity contribution < 1.29 is 35.4 Å². The molecule has 2 nitrogen and oxygen atoms in total. The molecule has 23 heavy (non-hydrogen) atoms. The van der Waals surface area contributed by atoms with E-state index in [-0.39, 0.29) is 11.9 Å². The summed E-state index contributed by atoms with van der Waals surface area (Å²) < 4.78 is 84.7. The predicted molar refractivity (Wildman–Crippen MR) is 78.2 cm³/mol. The molecule has 0 saturated carbocycles. The molecule has 0 N–H and O–H groups in total. The standard InChI is InChI=1S/C13H15F6O2PS/c1-2-3-8-20-22(23,21-9-12(14,15)16)11-6-4-10(5-7-11)13(17,18)19/h4-7H,2-3,8-9H2,1H3. The maximum atomic E-state index is 12.5. The molecule has 0 radical (unpaired) electrons. The largest absolute Gasteiger partial charge is 0.416 e. The SMILES string of the molecule is CCCCOP(=S)(OCC(F)(F)F)c1ccc(C(F)(F)F)cc1. The first kappa shape index (κ1) is 20.4. The van der Waals surface area contributed by atoms with Crippen LogP contribution in [0.3, 0.4) is 0 Å². The molecule has 1 atom stereocenters. The lowest BCUT2D eigenvalue weighted by Crippen LogP contribution is -2.20. The van der Waals surface area contributed by atoms with Gasteiger partial charge in [-0.3, -0.25) is 0 Å². The number of hydrogen-bond acceptors (Lipinski definition) is 3. The van der Waals surface area contributed by atoms with Crippen molar-refractivity contribution in [3.63, 3.8) is 0 Å². The van der Waals surface area contributed by atoms with Crippen molar-refractivity contribution in [3.8, 4) is 0 Å². The number of alkyl halides is 6. The van der Waals surface area contributed by atoms with Crippen LogP contribution in [0.5, 0.6) is 0 Å². The average Bonchev–Trinajstić information content (AvgIpc) is 2.44. The Labute approximate surface area is 134 Å². The molecule has 0 aromatic heterocycles. The van der Waals surface area contributed by atoms with Gasteiger partial charge in [-0.1, -0.05) is 13.3 Å². The van der Waals surface area contributed by atoms with Gasteiger partial charge in [-0.25, -0.2) is 0 Å². The molecule has 0 fully saturated rings. The summed E-state index contributed by atoms with van der Waals surface area (Å²) in [7, 11) is 0.